The van der Waals surface area contributed by atoms with Crippen molar-refractivity contribution >= 4 is 11.9 Å². The zero-order valence-electron chi connectivity index (χ0n) is 9.60. The van der Waals surface area contributed by atoms with Gasteiger partial charge in [0, 0.05) is 13.6 Å². The predicted molar refractivity (Wildman–Crippen MR) is 57.9 cm³/mol. The van der Waals surface area contributed by atoms with Crippen LogP contribution in [0, 0.1) is 0 Å². The highest BCUT2D eigenvalue weighted by atomic mass is 16.2. The summed E-state index contributed by atoms with van der Waals surface area (Å²) in [5.74, 6) is 0.425. The molecule has 1 aromatic rings. The summed E-state index contributed by atoms with van der Waals surface area (Å²) in [7, 11) is 1.80. The van der Waals surface area contributed by atoms with Gasteiger partial charge in [-0.15, -0.1) is 10.2 Å². The number of aryl methyl sites for hydroxylation is 1. The van der Waals surface area contributed by atoms with Crippen molar-refractivity contribution in [1.29, 1.82) is 0 Å². The lowest BCUT2D eigenvalue weighted by atomic mass is 10.2. The van der Waals surface area contributed by atoms with Crippen LogP contribution in [0.2, 0.25) is 0 Å². The van der Waals surface area contributed by atoms with Gasteiger partial charge in [0.15, 0.2) is 5.82 Å². The largest absolute Gasteiger partial charge is 0.345 e. The Labute approximate surface area is 97.8 Å². The maximum atomic E-state index is 11.8. The molecule has 0 bridgehead atoms. The van der Waals surface area contributed by atoms with E-state index < -0.39 is 6.04 Å². The molecule has 92 valence electrons. The zero-order chi connectivity index (χ0) is 12.4. The molecule has 0 unspecified atom stereocenters. The number of carbonyl (C=O) groups excluding carboxylic acids is 2. The number of carbonyl (C=O) groups is 2. The molecule has 3 N–H and O–H groups in total. The number of nitrogens with zero attached hydrogens (tertiary/aromatic N) is 3. The van der Waals surface area contributed by atoms with E-state index in [-0.39, 0.29) is 18.0 Å². The van der Waals surface area contributed by atoms with Crippen molar-refractivity contribution in [3.63, 3.8) is 0 Å². The van der Waals surface area contributed by atoms with Crippen LogP contribution in [0.3, 0.4) is 0 Å². The second kappa shape index (κ2) is 4.40. The number of amides is 3. The summed E-state index contributed by atoms with van der Waals surface area (Å²) in [6, 6.07) is -1.11. The van der Waals surface area contributed by atoms with Crippen molar-refractivity contribution in [2.75, 3.05) is 6.54 Å². The van der Waals surface area contributed by atoms with Crippen molar-refractivity contribution in [1.82, 2.24) is 30.7 Å². The van der Waals surface area contributed by atoms with E-state index in [1.807, 2.05) is 6.92 Å². The van der Waals surface area contributed by atoms with Gasteiger partial charge in [0.05, 0.1) is 6.04 Å². The van der Waals surface area contributed by atoms with Crippen molar-refractivity contribution < 1.29 is 9.59 Å². The molecule has 8 nitrogen and oxygen atoms in total. The number of aromatic nitrogens is 3. The fraction of sp³-hybridized carbons (Fsp3) is 0.556. The van der Waals surface area contributed by atoms with Crippen LogP contribution >= 0.6 is 0 Å². The number of rotatable bonds is 3. The summed E-state index contributed by atoms with van der Waals surface area (Å²) < 4.78 is 1.73. The molecule has 0 aromatic carbocycles. The van der Waals surface area contributed by atoms with Crippen molar-refractivity contribution in [2.24, 2.45) is 7.05 Å². The van der Waals surface area contributed by atoms with Gasteiger partial charge in [-0.2, -0.15) is 0 Å². The van der Waals surface area contributed by atoms with Crippen LogP contribution < -0.4 is 16.0 Å². The highest BCUT2D eigenvalue weighted by Gasteiger charge is 2.28. The predicted octanol–water partition coefficient (Wildman–Crippen LogP) is -1.33. The van der Waals surface area contributed by atoms with Gasteiger partial charge in [-0.1, -0.05) is 0 Å². The molecule has 17 heavy (non-hydrogen) atoms. The Morgan fingerprint density at radius 3 is 3.00 bits per heavy atom. The standard InChI is InChI=1S/C9H14N6O2/c1-5(7-14-11-4-15(7)2)12-8(16)6-3-10-9(17)13-6/h4-6H,3H2,1-2H3,(H,12,16)(H2,10,13,17)/t5-,6-/m1/s1. The van der Waals surface area contributed by atoms with Gasteiger partial charge in [0.25, 0.3) is 0 Å². The highest BCUT2D eigenvalue weighted by molar-refractivity contribution is 5.90. The third-order valence-electron chi connectivity index (χ3n) is 2.58. The van der Waals surface area contributed by atoms with Crippen LogP contribution in [-0.4, -0.2) is 39.3 Å². The second-order valence-corrected chi connectivity index (χ2v) is 3.94. The third-order valence-corrected chi connectivity index (χ3v) is 2.58. The molecule has 0 aliphatic carbocycles. The molecule has 1 fully saturated rings. The van der Waals surface area contributed by atoms with E-state index in [0.717, 1.165) is 0 Å². The average molecular weight is 238 g/mol. The van der Waals surface area contributed by atoms with E-state index in [1.54, 1.807) is 17.9 Å². The summed E-state index contributed by atoms with van der Waals surface area (Å²) in [6.07, 6.45) is 1.57. The second-order valence-electron chi connectivity index (χ2n) is 3.94. The maximum Gasteiger partial charge on any atom is 0.315 e. The molecule has 0 spiro atoms. The number of hydrogen-bond donors (Lipinski definition) is 3. The molecular formula is C9H14N6O2. The Balaban J connectivity index is 1.95. The lowest BCUT2D eigenvalue weighted by molar-refractivity contribution is -0.123. The van der Waals surface area contributed by atoms with E-state index in [9.17, 15) is 9.59 Å². The summed E-state index contributed by atoms with van der Waals surface area (Å²) in [6.45, 7) is 2.11. The molecule has 1 aromatic heterocycles. The van der Waals surface area contributed by atoms with Crippen molar-refractivity contribution in [3.05, 3.63) is 12.2 Å². The molecule has 2 rings (SSSR count). The minimum Gasteiger partial charge on any atom is -0.345 e. The van der Waals surface area contributed by atoms with E-state index in [1.165, 1.54) is 0 Å². The lowest BCUT2D eigenvalue weighted by Crippen LogP contribution is -2.44. The fourth-order valence-electron chi connectivity index (χ4n) is 1.68. The number of hydrogen-bond acceptors (Lipinski definition) is 4. The van der Waals surface area contributed by atoms with Gasteiger partial charge in [-0.25, -0.2) is 4.79 Å². The van der Waals surface area contributed by atoms with Crippen molar-refractivity contribution in [2.45, 2.75) is 19.0 Å². The Hall–Kier alpha value is -2.12. The first-order valence-electron chi connectivity index (χ1n) is 5.26. The SMILES string of the molecule is C[C@@H](NC(=O)[C@H]1CNC(=O)N1)c1nncn1C. The van der Waals surface area contributed by atoms with Crippen LogP contribution in [-0.2, 0) is 11.8 Å². The fourth-order valence-corrected chi connectivity index (χ4v) is 1.68. The maximum absolute atomic E-state index is 11.8. The van der Waals surface area contributed by atoms with Crippen molar-refractivity contribution in [3.8, 4) is 0 Å². The number of nitrogens with one attached hydrogen (secondary N) is 3. The van der Waals surface area contributed by atoms with Gasteiger partial charge in [0.2, 0.25) is 5.91 Å². The molecule has 8 heteroatoms. The summed E-state index contributed by atoms with van der Waals surface area (Å²) in [4.78, 5) is 22.7. The van der Waals surface area contributed by atoms with E-state index in [0.29, 0.717) is 12.4 Å². The first kappa shape index (κ1) is 11.4. The summed E-state index contributed by atoms with van der Waals surface area (Å²) >= 11 is 0. The van der Waals surface area contributed by atoms with Crippen LogP contribution in [0.1, 0.15) is 18.8 Å². The van der Waals surface area contributed by atoms with Crippen LogP contribution in [0.5, 0.6) is 0 Å². The monoisotopic (exact) mass is 238 g/mol. The minimum absolute atomic E-state index is 0.237. The molecule has 1 aliphatic rings. The Morgan fingerprint density at radius 2 is 2.47 bits per heavy atom. The van der Waals surface area contributed by atoms with E-state index in [4.69, 9.17) is 0 Å². The highest BCUT2D eigenvalue weighted by Crippen LogP contribution is 2.07. The van der Waals surface area contributed by atoms with E-state index in [2.05, 4.69) is 26.1 Å². The molecule has 1 aliphatic heterocycles. The average Bonchev–Trinajstić information content (AvgIpc) is 2.86. The van der Waals surface area contributed by atoms with Gasteiger partial charge >= 0.3 is 6.03 Å². The molecular weight excluding hydrogens is 224 g/mol. The first-order valence-corrected chi connectivity index (χ1v) is 5.26. The smallest absolute Gasteiger partial charge is 0.315 e. The molecule has 2 atom stereocenters. The molecule has 0 saturated carbocycles. The zero-order valence-corrected chi connectivity index (χ0v) is 9.60. The van der Waals surface area contributed by atoms with Gasteiger partial charge in [-0.3, -0.25) is 4.79 Å². The Morgan fingerprint density at radius 1 is 1.71 bits per heavy atom. The molecule has 0 radical (unpaired) electrons. The summed E-state index contributed by atoms with van der Waals surface area (Å²) in [5.41, 5.74) is 0. The first-order chi connectivity index (χ1) is 8.08. The minimum atomic E-state index is -0.529. The molecule has 2 heterocycles. The Bertz CT molecular complexity index is 442. The lowest BCUT2D eigenvalue weighted by Gasteiger charge is -2.15. The Kier molecular flexibility index (Phi) is 2.94. The van der Waals surface area contributed by atoms with Crippen LogP contribution in [0.4, 0.5) is 4.79 Å². The van der Waals surface area contributed by atoms with Gasteiger partial charge in [0.1, 0.15) is 12.4 Å². The van der Waals surface area contributed by atoms with Gasteiger partial charge in [-0.05, 0) is 6.92 Å². The summed E-state index contributed by atoms with van der Waals surface area (Å²) in [5, 5.41) is 15.5. The number of urea groups is 1. The molecule has 3 amide bonds. The molecule has 1 saturated heterocycles. The third kappa shape index (κ3) is 2.35. The van der Waals surface area contributed by atoms with Crippen LogP contribution in [0.25, 0.3) is 0 Å². The van der Waals surface area contributed by atoms with Crippen LogP contribution in [0.15, 0.2) is 6.33 Å². The topological polar surface area (TPSA) is 101 Å². The quantitative estimate of drug-likeness (QED) is 0.607. The van der Waals surface area contributed by atoms with E-state index >= 15 is 0 Å². The normalized spacial score (nSPS) is 20.6. The van der Waals surface area contributed by atoms with Gasteiger partial charge < -0.3 is 20.5 Å².